The molecule has 1 saturated carbocycles. The highest BCUT2D eigenvalue weighted by atomic mass is 32.1. The molecule has 0 spiro atoms. The second kappa shape index (κ2) is 9.82. The van der Waals surface area contributed by atoms with E-state index in [-0.39, 0.29) is 35.5 Å². The van der Waals surface area contributed by atoms with E-state index in [9.17, 15) is 9.59 Å². The summed E-state index contributed by atoms with van der Waals surface area (Å²) in [5, 5.41) is 0. The van der Waals surface area contributed by atoms with Crippen LogP contribution in [0.25, 0.3) is 22.6 Å². The topological polar surface area (TPSA) is 64.8 Å². The second-order valence-corrected chi connectivity index (χ2v) is 10.6. The number of fused-ring (bicyclic) bond motifs is 1. The summed E-state index contributed by atoms with van der Waals surface area (Å²) in [5.74, 6) is 0.366. The SMILES string of the molecule is CCC(=O)c1cc2nc(-c3ccccn3)n(C3CCCC(CC(=O)c4ccc(C)s4)C3)c2cc1F. The first-order valence-corrected chi connectivity index (χ1v) is 13.0. The lowest BCUT2D eigenvalue weighted by Gasteiger charge is -2.31. The van der Waals surface area contributed by atoms with Gasteiger partial charge in [-0.2, -0.15) is 0 Å². The van der Waals surface area contributed by atoms with E-state index in [4.69, 9.17) is 4.98 Å². The summed E-state index contributed by atoms with van der Waals surface area (Å²) in [6, 6.07) is 12.7. The number of hydrogen-bond acceptors (Lipinski definition) is 5. The number of carbonyl (C=O) groups excluding carboxylic acids is 2. The monoisotopic (exact) mass is 489 g/mol. The van der Waals surface area contributed by atoms with Crippen LogP contribution in [0.15, 0.2) is 48.7 Å². The molecule has 0 bridgehead atoms. The Bertz CT molecular complexity index is 1390. The van der Waals surface area contributed by atoms with Gasteiger partial charge in [0.2, 0.25) is 0 Å². The Labute approximate surface area is 208 Å². The Morgan fingerprint density at radius 1 is 1.14 bits per heavy atom. The standard InChI is InChI=1S/C28H28FN3O2S/c1-3-25(33)20-15-23-24(16-21(20)29)32(28(31-23)22-9-4-5-12-30-22)19-8-6-7-18(13-19)14-26(34)27-11-10-17(2)35-27/h4-5,9-12,15-16,18-19H,3,6-8,13-14H2,1-2H3. The van der Waals surface area contributed by atoms with Gasteiger partial charge in [0, 0.05) is 36.0 Å². The van der Waals surface area contributed by atoms with Crippen molar-refractivity contribution in [2.24, 2.45) is 5.92 Å². The summed E-state index contributed by atoms with van der Waals surface area (Å²) in [6.07, 6.45) is 6.20. The Hall–Kier alpha value is -3.19. The van der Waals surface area contributed by atoms with Crippen LogP contribution in [-0.2, 0) is 0 Å². The van der Waals surface area contributed by atoms with Crippen LogP contribution >= 0.6 is 11.3 Å². The largest absolute Gasteiger partial charge is 0.319 e. The van der Waals surface area contributed by atoms with Gasteiger partial charge in [0.25, 0.3) is 0 Å². The average Bonchev–Trinajstić information content (AvgIpc) is 3.47. The van der Waals surface area contributed by atoms with Crippen LogP contribution in [0.1, 0.15) is 76.4 Å². The third-order valence-corrected chi connectivity index (χ3v) is 7.95. The number of rotatable bonds is 7. The quantitative estimate of drug-likeness (QED) is 0.257. The number of benzene rings is 1. The van der Waals surface area contributed by atoms with Gasteiger partial charge in [-0.3, -0.25) is 14.6 Å². The maximum atomic E-state index is 15.0. The number of hydrogen-bond donors (Lipinski definition) is 0. The molecule has 3 aromatic heterocycles. The molecular weight excluding hydrogens is 461 g/mol. The first-order chi connectivity index (χ1) is 16.9. The molecule has 3 heterocycles. The molecule has 0 saturated heterocycles. The average molecular weight is 490 g/mol. The smallest absolute Gasteiger partial charge is 0.173 e. The summed E-state index contributed by atoms with van der Waals surface area (Å²) < 4.78 is 17.1. The molecule has 0 radical (unpaired) electrons. The van der Waals surface area contributed by atoms with E-state index in [1.54, 1.807) is 30.5 Å². The molecule has 35 heavy (non-hydrogen) atoms. The van der Waals surface area contributed by atoms with Gasteiger partial charge in [0.15, 0.2) is 17.4 Å². The lowest BCUT2D eigenvalue weighted by Crippen LogP contribution is -2.22. The van der Waals surface area contributed by atoms with Crippen LogP contribution in [0.3, 0.4) is 0 Å². The van der Waals surface area contributed by atoms with E-state index in [0.717, 1.165) is 35.4 Å². The van der Waals surface area contributed by atoms with Crippen LogP contribution in [0.5, 0.6) is 0 Å². The van der Waals surface area contributed by atoms with Crippen molar-refractivity contribution in [3.63, 3.8) is 0 Å². The van der Waals surface area contributed by atoms with Crippen molar-refractivity contribution >= 4 is 33.9 Å². The summed E-state index contributed by atoms with van der Waals surface area (Å²) in [7, 11) is 0. The molecule has 4 aromatic rings. The molecular formula is C28H28FN3O2S. The van der Waals surface area contributed by atoms with Crippen LogP contribution in [0, 0.1) is 18.7 Å². The molecule has 0 N–H and O–H groups in total. The number of imidazole rings is 1. The Kier molecular flexibility index (Phi) is 6.60. The van der Waals surface area contributed by atoms with Gasteiger partial charge >= 0.3 is 0 Å². The predicted molar refractivity (Wildman–Crippen MR) is 137 cm³/mol. The highest BCUT2D eigenvalue weighted by Crippen LogP contribution is 2.40. The number of aryl methyl sites for hydroxylation is 1. The number of thiophene rings is 1. The summed E-state index contributed by atoms with van der Waals surface area (Å²) >= 11 is 1.55. The van der Waals surface area contributed by atoms with Crippen LogP contribution in [0.4, 0.5) is 4.39 Å². The number of nitrogens with zero attached hydrogens (tertiary/aromatic N) is 3. The number of pyridine rings is 1. The minimum absolute atomic E-state index is 0.0701. The predicted octanol–water partition coefficient (Wildman–Crippen LogP) is 7.20. The molecule has 5 rings (SSSR count). The molecule has 0 amide bonds. The lowest BCUT2D eigenvalue weighted by molar-refractivity contribution is 0.0944. The molecule has 1 aromatic carbocycles. The van der Waals surface area contributed by atoms with E-state index < -0.39 is 5.82 Å². The fraction of sp³-hybridized carbons (Fsp3) is 0.357. The maximum Gasteiger partial charge on any atom is 0.173 e. The van der Waals surface area contributed by atoms with E-state index in [1.807, 2.05) is 37.3 Å². The fourth-order valence-corrected chi connectivity index (χ4v) is 6.01. The fourth-order valence-electron chi connectivity index (χ4n) is 5.20. The van der Waals surface area contributed by atoms with Gasteiger partial charge in [-0.1, -0.05) is 19.4 Å². The number of aromatic nitrogens is 3. The van der Waals surface area contributed by atoms with Gasteiger partial charge in [-0.25, -0.2) is 9.37 Å². The normalized spacial score (nSPS) is 18.1. The molecule has 2 atom stereocenters. The maximum absolute atomic E-state index is 15.0. The molecule has 1 aliphatic rings. The van der Waals surface area contributed by atoms with Crippen molar-refractivity contribution < 1.29 is 14.0 Å². The number of ketones is 2. The number of Topliss-reactive ketones (excluding diaryl/α,β-unsaturated/α-hetero) is 2. The van der Waals surface area contributed by atoms with Crippen molar-refractivity contribution in [3.05, 3.63) is 69.8 Å². The highest BCUT2D eigenvalue weighted by molar-refractivity contribution is 7.14. The lowest BCUT2D eigenvalue weighted by atomic mass is 9.82. The zero-order valence-electron chi connectivity index (χ0n) is 20.0. The van der Waals surface area contributed by atoms with Gasteiger partial charge in [0.1, 0.15) is 11.5 Å². The molecule has 2 unspecified atom stereocenters. The van der Waals surface area contributed by atoms with Crippen molar-refractivity contribution in [3.8, 4) is 11.5 Å². The van der Waals surface area contributed by atoms with E-state index in [1.165, 1.54) is 6.07 Å². The summed E-state index contributed by atoms with van der Waals surface area (Å²) in [5.41, 5.74) is 2.05. The molecule has 1 fully saturated rings. The first kappa shape index (κ1) is 23.5. The Balaban J connectivity index is 1.53. The third-order valence-electron chi connectivity index (χ3n) is 6.90. The number of carbonyl (C=O) groups is 2. The van der Waals surface area contributed by atoms with Crippen molar-refractivity contribution in [2.45, 2.75) is 58.4 Å². The molecule has 7 heteroatoms. The van der Waals surface area contributed by atoms with Crippen molar-refractivity contribution in [1.29, 1.82) is 0 Å². The second-order valence-electron chi connectivity index (χ2n) is 9.34. The van der Waals surface area contributed by atoms with Crippen LogP contribution in [0.2, 0.25) is 0 Å². The third kappa shape index (κ3) is 4.69. The Morgan fingerprint density at radius 3 is 2.71 bits per heavy atom. The first-order valence-electron chi connectivity index (χ1n) is 12.2. The molecule has 0 aliphatic heterocycles. The summed E-state index contributed by atoms with van der Waals surface area (Å²) in [6.45, 7) is 3.74. The Morgan fingerprint density at radius 2 is 2.00 bits per heavy atom. The molecule has 1 aliphatic carbocycles. The van der Waals surface area contributed by atoms with Crippen molar-refractivity contribution in [1.82, 2.24) is 14.5 Å². The zero-order chi connectivity index (χ0) is 24.5. The summed E-state index contributed by atoms with van der Waals surface area (Å²) in [4.78, 5) is 36.5. The van der Waals surface area contributed by atoms with E-state index >= 15 is 4.39 Å². The minimum atomic E-state index is -0.520. The van der Waals surface area contributed by atoms with Crippen LogP contribution < -0.4 is 0 Å². The zero-order valence-corrected chi connectivity index (χ0v) is 20.8. The number of halogens is 1. The van der Waals surface area contributed by atoms with Gasteiger partial charge in [-0.05, 0) is 62.4 Å². The minimum Gasteiger partial charge on any atom is -0.319 e. The van der Waals surface area contributed by atoms with Crippen molar-refractivity contribution in [2.75, 3.05) is 0 Å². The van der Waals surface area contributed by atoms with Gasteiger partial charge in [-0.15, -0.1) is 11.3 Å². The van der Waals surface area contributed by atoms with Gasteiger partial charge < -0.3 is 4.57 Å². The van der Waals surface area contributed by atoms with Crippen LogP contribution in [-0.4, -0.2) is 26.1 Å². The molecule has 5 nitrogen and oxygen atoms in total. The van der Waals surface area contributed by atoms with E-state index in [0.29, 0.717) is 29.0 Å². The van der Waals surface area contributed by atoms with Gasteiger partial charge in [0.05, 0.1) is 21.5 Å². The highest BCUT2D eigenvalue weighted by Gasteiger charge is 2.30. The van der Waals surface area contributed by atoms with E-state index in [2.05, 4.69) is 9.55 Å². The molecule has 180 valence electrons.